The van der Waals surface area contributed by atoms with Gasteiger partial charge in [0.15, 0.2) is 0 Å². The summed E-state index contributed by atoms with van der Waals surface area (Å²) in [4.78, 5) is 35.4. The molecule has 1 aromatic heterocycles. The lowest BCUT2D eigenvalue weighted by Gasteiger charge is -2.19. The van der Waals surface area contributed by atoms with Gasteiger partial charge in [0.2, 0.25) is 5.91 Å². The van der Waals surface area contributed by atoms with Crippen molar-refractivity contribution < 1.29 is 14.4 Å². The number of hydrogen-bond acceptors (Lipinski definition) is 4. The number of carbonyl (C=O) groups excluding carboxylic acids is 3. The second kappa shape index (κ2) is 7.37. The molecule has 0 aliphatic heterocycles. The van der Waals surface area contributed by atoms with E-state index in [1.807, 2.05) is 6.07 Å². The van der Waals surface area contributed by atoms with Crippen molar-refractivity contribution in [1.82, 2.24) is 10.6 Å². The van der Waals surface area contributed by atoms with Gasteiger partial charge in [0.1, 0.15) is 18.4 Å². The van der Waals surface area contributed by atoms with Crippen LogP contribution in [-0.4, -0.2) is 18.2 Å². The van der Waals surface area contributed by atoms with Gasteiger partial charge < -0.3 is 21.2 Å². The van der Waals surface area contributed by atoms with Gasteiger partial charge in [-0.05, 0) is 17.0 Å². The molecule has 0 bridgehead atoms. The number of hydrogen-bond donors (Lipinski definition) is 3. The summed E-state index contributed by atoms with van der Waals surface area (Å²) in [5.74, 6) is -0.498. The number of carbonyl (C=O) groups is 3. The molecule has 7 heteroatoms. The molecule has 22 heavy (non-hydrogen) atoms. The van der Waals surface area contributed by atoms with Crippen LogP contribution in [0.1, 0.15) is 22.5 Å². The highest BCUT2D eigenvalue weighted by molar-refractivity contribution is 7.10. The zero-order valence-corrected chi connectivity index (χ0v) is 12.4. The Kier molecular flexibility index (Phi) is 5.26. The monoisotopic (exact) mass is 317 g/mol. The molecule has 2 unspecified atom stereocenters. The van der Waals surface area contributed by atoms with E-state index in [-0.39, 0.29) is 0 Å². The zero-order chi connectivity index (χ0) is 15.9. The van der Waals surface area contributed by atoms with Gasteiger partial charge in [0, 0.05) is 4.88 Å². The van der Waals surface area contributed by atoms with Crippen molar-refractivity contribution >= 4 is 29.6 Å². The van der Waals surface area contributed by atoms with Gasteiger partial charge in [-0.1, -0.05) is 36.4 Å². The van der Waals surface area contributed by atoms with Crippen LogP contribution < -0.4 is 16.4 Å². The Morgan fingerprint density at radius 1 is 1.09 bits per heavy atom. The zero-order valence-electron chi connectivity index (χ0n) is 11.6. The van der Waals surface area contributed by atoms with Crippen molar-refractivity contribution in [3.63, 3.8) is 0 Å². The third-order valence-electron chi connectivity index (χ3n) is 2.97. The molecule has 0 radical (unpaired) electrons. The Morgan fingerprint density at radius 3 is 2.36 bits per heavy atom. The van der Waals surface area contributed by atoms with Crippen molar-refractivity contribution in [2.24, 2.45) is 5.73 Å². The average molecular weight is 317 g/mol. The molecule has 1 heterocycles. The summed E-state index contributed by atoms with van der Waals surface area (Å²) in [6.45, 7) is 0. The molecule has 4 N–H and O–H groups in total. The van der Waals surface area contributed by atoms with E-state index >= 15 is 0 Å². The highest BCUT2D eigenvalue weighted by atomic mass is 32.1. The lowest BCUT2D eigenvalue weighted by molar-refractivity contribution is -0.125. The van der Waals surface area contributed by atoms with Crippen molar-refractivity contribution in [3.8, 4) is 0 Å². The van der Waals surface area contributed by atoms with Gasteiger partial charge in [0.25, 0.3) is 0 Å². The first-order valence-electron chi connectivity index (χ1n) is 6.52. The number of benzene rings is 1. The van der Waals surface area contributed by atoms with Crippen LogP contribution in [0, 0.1) is 0 Å². The predicted molar refractivity (Wildman–Crippen MR) is 83.2 cm³/mol. The van der Waals surface area contributed by atoms with Gasteiger partial charge in [-0.25, -0.2) is 4.79 Å². The summed E-state index contributed by atoms with van der Waals surface area (Å²) in [6, 6.07) is 9.79. The topological polar surface area (TPSA) is 101 Å². The molecule has 2 atom stereocenters. The summed E-state index contributed by atoms with van der Waals surface area (Å²) in [7, 11) is 0. The van der Waals surface area contributed by atoms with Crippen LogP contribution in [-0.2, 0) is 9.59 Å². The fourth-order valence-corrected chi connectivity index (χ4v) is 2.73. The maximum absolute atomic E-state index is 12.4. The second-order valence-corrected chi connectivity index (χ2v) is 5.47. The van der Waals surface area contributed by atoms with Crippen LogP contribution in [0.5, 0.6) is 0 Å². The molecule has 114 valence electrons. The van der Waals surface area contributed by atoms with E-state index in [4.69, 9.17) is 5.73 Å². The smallest absolute Gasteiger partial charge is 0.313 e. The van der Waals surface area contributed by atoms with Crippen molar-refractivity contribution in [3.05, 3.63) is 58.3 Å². The van der Waals surface area contributed by atoms with Gasteiger partial charge in [-0.3, -0.25) is 4.79 Å². The molecule has 0 aliphatic rings. The minimum Gasteiger partial charge on any atom is -0.352 e. The molecule has 0 aliphatic carbocycles. The van der Waals surface area contributed by atoms with Crippen LogP contribution in [0.4, 0.5) is 4.79 Å². The number of nitrogens with one attached hydrogen (secondary N) is 2. The van der Waals surface area contributed by atoms with Crippen molar-refractivity contribution in [2.45, 2.75) is 12.1 Å². The molecule has 3 amide bonds. The summed E-state index contributed by atoms with van der Waals surface area (Å²) in [5, 5.41) is 6.77. The third-order valence-corrected chi connectivity index (χ3v) is 3.91. The summed E-state index contributed by atoms with van der Waals surface area (Å²) < 4.78 is 0. The summed E-state index contributed by atoms with van der Waals surface area (Å²) >= 11 is 1.31. The average Bonchev–Trinajstić information content (AvgIpc) is 3.04. The quantitative estimate of drug-likeness (QED) is 0.704. The van der Waals surface area contributed by atoms with E-state index in [0.717, 1.165) is 0 Å². The van der Waals surface area contributed by atoms with Gasteiger partial charge >= 0.3 is 6.03 Å². The van der Waals surface area contributed by atoms with Gasteiger partial charge in [-0.2, -0.15) is 0 Å². The Labute approximate surface area is 131 Å². The minimum absolute atomic E-state index is 0.498. The third kappa shape index (κ3) is 3.92. The van der Waals surface area contributed by atoms with Gasteiger partial charge in [-0.15, -0.1) is 11.3 Å². The maximum atomic E-state index is 12.4. The van der Waals surface area contributed by atoms with Crippen LogP contribution in [0.3, 0.4) is 0 Å². The Bertz CT molecular complexity index is 643. The molecule has 0 spiro atoms. The molecular weight excluding hydrogens is 302 g/mol. The van der Waals surface area contributed by atoms with Crippen molar-refractivity contribution in [1.29, 1.82) is 0 Å². The molecule has 0 saturated carbocycles. The van der Waals surface area contributed by atoms with E-state index in [1.165, 1.54) is 11.3 Å². The lowest BCUT2D eigenvalue weighted by Crippen LogP contribution is -2.43. The molecule has 0 saturated heterocycles. The summed E-state index contributed by atoms with van der Waals surface area (Å²) in [5.41, 5.74) is 5.78. The maximum Gasteiger partial charge on any atom is 0.313 e. The van der Waals surface area contributed by atoms with Crippen LogP contribution in [0.2, 0.25) is 0 Å². The van der Waals surface area contributed by atoms with E-state index in [2.05, 4.69) is 10.6 Å². The lowest BCUT2D eigenvalue weighted by atomic mass is 10.1. The SMILES string of the molecule is NC(=O)NC(C(=O)NC(C=O)c1ccccc1)c1cccs1. The Balaban J connectivity index is 2.16. The predicted octanol–water partition coefficient (Wildman–Crippen LogP) is 1.51. The molecule has 0 fully saturated rings. The van der Waals surface area contributed by atoms with Crippen molar-refractivity contribution in [2.75, 3.05) is 0 Å². The van der Waals surface area contributed by atoms with E-state index in [9.17, 15) is 14.4 Å². The van der Waals surface area contributed by atoms with Gasteiger partial charge in [0.05, 0.1) is 0 Å². The highest BCUT2D eigenvalue weighted by Crippen LogP contribution is 2.20. The molecule has 2 rings (SSSR count). The Morgan fingerprint density at radius 2 is 1.82 bits per heavy atom. The van der Waals surface area contributed by atoms with E-state index < -0.39 is 24.0 Å². The fraction of sp³-hybridized carbons (Fsp3) is 0.133. The summed E-state index contributed by atoms with van der Waals surface area (Å²) in [6.07, 6.45) is 0.642. The molecule has 6 nitrogen and oxygen atoms in total. The highest BCUT2D eigenvalue weighted by Gasteiger charge is 2.25. The van der Waals surface area contributed by atoms with Crippen LogP contribution >= 0.6 is 11.3 Å². The fourth-order valence-electron chi connectivity index (χ4n) is 1.96. The number of rotatable bonds is 6. The number of primary amides is 1. The van der Waals surface area contributed by atoms with Crippen LogP contribution in [0.15, 0.2) is 47.8 Å². The number of amides is 3. The normalized spacial score (nSPS) is 12.9. The van der Waals surface area contributed by atoms with E-state index in [0.29, 0.717) is 16.7 Å². The number of urea groups is 1. The minimum atomic E-state index is -0.927. The van der Waals surface area contributed by atoms with Crippen LogP contribution in [0.25, 0.3) is 0 Å². The first-order valence-corrected chi connectivity index (χ1v) is 7.39. The molecule has 1 aromatic carbocycles. The van der Waals surface area contributed by atoms with E-state index in [1.54, 1.807) is 41.8 Å². The second-order valence-electron chi connectivity index (χ2n) is 4.49. The molecule has 2 aromatic rings. The number of aldehydes is 1. The number of nitrogens with two attached hydrogens (primary N) is 1. The molecular formula is C15H15N3O3S. The first-order chi connectivity index (χ1) is 10.6. The Hall–Kier alpha value is -2.67. The standard InChI is InChI=1S/C15H15N3O3S/c16-15(21)18-13(12-7-4-8-22-12)14(20)17-11(9-19)10-5-2-1-3-6-10/h1-9,11,13H,(H,17,20)(H3,16,18,21). The largest absolute Gasteiger partial charge is 0.352 e. The first kappa shape index (κ1) is 15.7. The number of thiophene rings is 1.